The molecule has 4 nitrogen and oxygen atoms in total. The van der Waals surface area contributed by atoms with Gasteiger partial charge in [0.05, 0.1) is 0 Å². The Bertz CT molecular complexity index is 529. The van der Waals surface area contributed by atoms with Gasteiger partial charge in [-0.3, -0.25) is 5.10 Å². The molecule has 2 heterocycles. The third kappa shape index (κ3) is 2.98. The standard InChI is InChI=1S/C14H17FN4/c15-12-3-1-10(2-4-12)9-13-17-14(19-18-13)11-5-7-16-8-6-11/h1-4,11,16H,5-9H2,(H,17,18,19). The topological polar surface area (TPSA) is 53.6 Å². The van der Waals surface area contributed by atoms with Gasteiger partial charge in [0.2, 0.25) is 0 Å². The maximum absolute atomic E-state index is 12.8. The van der Waals surface area contributed by atoms with Crippen LogP contribution in [-0.4, -0.2) is 28.3 Å². The summed E-state index contributed by atoms with van der Waals surface area (Å²) in [6.45, 7) is 2.07. The molecule has 19 heavy (non-hydrogen) atoms. The maximum atomic E-state index is 12.8. The molecule has 3 rings (SSSR count). The predicted molar refractivity (Wildman–Crippen MR) is 70.4 cm³/mol. The van der Waals surface area contributed by atoms with Crippen molar-refractivity contribution in [1.82, 2.24) is 20.5 Å². The minimum Gasteiger partial charge on any atom is -0.317 e. The summed E-state index contributed by atoms with van der Waals surface area (Å²) in [5, 5.41) is 10.6. The zero-order valence-electron chi connectivity index (χ0n) is 10.7. The Balaban J connectivity index is 1.68. The van der Waals surface area contributed by atoms with Crippen LogP contribution in [0.1, 0.15) is 36.0 Å². The third-order valence-corrected chi connectivity index (χ3v) is 3.54. The lowest BCUT2D eigenvalue weighted by atomic mass is 9.98. The van der Waals surface area contributed by atoms with Gasteiger partial charge in [-0.2, -0.15) is 5.10 Å². The fraction of sp³-hybridized carbons (Fsp3) is 0.429. The molecule has 0 saturated carbocycles. The smallest absolute Gasteiger partial charge is 0.153 e. The maximum Gasteiger partial charge on any atom is 0.153 e. The Morgan fingerprint density at radius 2 is 1.89 bits per heavy atom. The Labute approximate surface area is 111 Å². The van der Waals surface area contributed by atoms with Crippen LogP contribution in [0.3, 0.4) is 0 Å². The molecule has 2 aromatic rings. The van der Waals surface area contributed by atoms with Crippen molar-refractivity contribution >= 4 is 0 Å². The lowest BCUT2D eigenvalue weighted by Gasteiger charge is -2.19. The molecule has 0 unspecified atom stereocenters. The molecule has 1 aliphatic rings. The number of benzene rings is 1. The highest BCUT2D eigenvalue weighted by molar-refractivity contribution is 5.19. The Morgan fingerprint density at radius 1 is 1.16 bits per heavy atom. The van der Waals surface area contributed by atoms with Crippen LogP contribution in [0, 0.1) is 5.82 Å². The van der Waals surface area contributed by atoms with Crippen molar-refractivity contribution in [2.24, 2.45) is 0 Å². The molecule has 1 aromatic carbocycles. The van der Waals surface area contributed by atoms with Gasteiger partial charge in [-0.25, -0.2) is 9.37 Å². The zero-order valence-corrected chi connectivity index (χ0v) is 10.7. The summed E-state index contributed by atoms with van der Waals surface area (Å²) in [6.07, 6.45) is 2.85. The van der Waals surface area contributed by atoms with E-state index in [0.717, 1.165) is 43.1 Å². The van der Waals surface area contributed by atoms with Gasteiger partial charge >= 0.3 is 0 Å². The minimum absolute atomic E-state index is 0.211. The van der Waals surface area contributed by atoms with Crippen molar-refractivity contribution in [2.75, 3.05) is 13.1 Å². The molecule has 5 heteroatoms. The SMILES string of the molecule is Fc1ccc(Cc2nc(C3CCNCC3)n[nH]2)cc1. The average Bonchev–Trinajstić information content (AvgIpc) is 2.91. The fourth-order valence-corrected chi connectivity index (χ4v) is 2.45. The van der Waals surface area contributed by atoms with Crippen molar-refractivity contribution in [3.63, 3.8) is 0 Å². The predicted octanol–water partition coefficient (Wildman–Crippen LogP) is 2.00. The number of H-pyrrole nitrogens is 1. The number of nitrogens with one attached hydrogen (secondary N) is 2. The molecule has 0 bridgehead atoms. The van der Waals surface area contributed by atoms with Crippen LogP contribution in [0.25, 0.3) is 0 Å². The van der Waals surface area contributed by atoms with Crippen molar-refractivity contribution in [3.05, 3.63) is 47.3 Å². The molecular formula is C14H17FN4. The van der Waals surface area contributed by atoms with Gasteiger partial charge in [0.1, 0.15) is 11.6 Å². The summed E-state index contributed by atoms with van der Waals surface area (Å²) in [4.78, 5) is 4.56. The molecule has 0 amide bonds. The van der Waals surface area contributed by atoms with Crippen molar-refractivity contribution in [3.8, 4) is 0 Å². The van der Waals surface area contributed by atoms with E-state index < -0.39 is 0 Å². The molecule has 100 valence electrons. The van der Waals surface area contributed by atoms with Crippen molar-refractivity contribution in [2.45, 2.75) is 25.2 Å². The zero-order chi connectivity index (χ0) is 13.1. The number of hydrogen-bond donors (Lipinski definition) is 2. The molecule has 1 saturated heterocycles. The second kappa shape index (κ2) is 5.48. The number of aromatic nitrogens is 3. The van der Waals surface area contributed by atoms with Crippen LogP contribution in [0.4, 0.5) is 4.39 Å². The minimum atomic E-state index is -0.211. The molecule has 1 fully saturated rings. The summed E-state index contributed by atoms with van der Waals surface area (Å²) in [6, 6.07) is 6.50. The van der Waals surface area contributed by atoms with Crippen molar-refractivity contribution < 1.29 is 4.39 Å². The first-order valence-corrected chi connectivity index (χ1v) is 6.67. The van der Waals surface area contributed by atoms with Crippen LogP contribution in [-0.2, 0) is 6.42 Å². The fourth-order valence-electron chi connectivity index (χ4n) is 2.45. The Morgan fingerprint density at radius 3 is 2.63 bits per heavy atom. The first-order valence-electron chi connectivity index (χ1n) is 6.67. The first kappa shape index (κ1) is 12.3. The lowest BCUT2D eigenvalue weighted by Crippen LogP contribution is -2.27. The van der Waals surface area contributed by atoms with Crippen LogP contribution < -0.4 is 5.32 Å². The molecule has 0 atom stereocenters. The highest BCUT2D eigenvalue weighted by atomic mass is 19.1. The monoisotopic (exact) mass is 260 g/mol. The van der Waals surface area contributed by atoms with Gasteiger partial charge in [-0.15, -0.1) is 0 Å². The molecule has 0 spiro atoms. The van der Waals surface area contributed by atoms with E-state index in [-0.39, 0.29) is 5.82 Å². The van der Waals surface area contributed by atoms with Crippen molar-refractivity contribution in [1.29, 1.82) is 0 Å². The van der Waals surface area contributed by atoms with Crippen LogP contribution in [0.2, 0.25) is 0 Å². The van der Waals surface area contributed by atoms with E-state index in [1.165, 1.54) is 12.1 Å². The second-order valence-electron chi connectivity index (χ2n) is 4.97. The van der Waals surface area contributed by atoms with Gasteiger partial charge < -0.3 is 5.32 Å². The van der Waals surface area contributed by atoms with Crippen LogP contribution >= 0.6 is 0 Å². The molecule has 1 aliphatic heterocycles. The summed E-state index contributed by atoms with van der Waals surface area (Å²) in [7, 11) is 0. The van der Waals surface area contributed by atoms with Crippen LogP contribution in [0.15, 0.2) is 24.3 Å². The van der Waals surface area contributed by atoms with Gasteiger partial charge in [-0.05, 0) is 43.6 Å². The van der Waals surface area contributed by atoms with Crippen LogP contribution in [0.5, 0.6) is 0 Å². The molecular weight excluding hydrogens is 243 g/mol. The van der Waals surface area contributed by atoms with Gasteiger partial charge in [0.15, 0.2) is 5.82 Å². The molecule has 1 aromatic heterocycles. The number of aromatic amines is 1. The first-order chi connectivity index (χ1) is 9.31. The number of nitrogens with zero attached hydrogens (tertiary/aromatic N) is 2. The van der Waals surface area contributed by atoms with Gasteiger partial charge in [0, 0.05) is 12.3 Å². The number of rotatable bonds is 3. The number of halogens is 1. The Hall–Kier alpha value is -1.75. The molecule has 0 aliphatic carbocycles. The quantitative estimate of drug-likeness (QED) is 0.887. The van der Waals surface area contributed by atoms with E-state index in [9.17, 15) is 4.39 Å². The summed E-state index contributed by atoms with van der Waals surface area (Å²) in [5.41, 5.74) is 1.04. The van der Waals surface area contributed by atoms with E-state index in [1.807, 2.05) is 0 Å². The lowest BCUT2D eigenvalue weighted by molar-refractivity contribution is 0.446. The summed E-state index contributed by atoms with van der Waals surface area (Å²) >= 11 is 0. The molecule has 0 radical (unpaired) electrons. The second-order valence-corrected chi connectivity index (χ2v) is 4.97. The largest absolute Gasteiger partial charge is 0.317 e. The van der Waals surface area contributed by atoms with Gasteiger partial charge in [-0.1, -0.05) is 12.1 Å². The van der Waals surface area contributed by atoms with E-state index in [2.05, 4.69) is 20.5 Å². The van der Waals surface area contributed by atoms with Gasteiger partial charge in [0.25, 0.3) is 0 Å². The van der Waals surface area contributed by atoms with E-state index in [4.69, 9.17) is 0 Å². The highest BCUT2D eigenvalue weighted by Crippen LogP contribution is 2.22. The van der Waals surface area contributed by atoms with E-state index >= 15 is 0 Å². The number of hydrogen-bond acceptors (Lipinski definition) is 3. The average molecular weight is 260 g/mol. The summed E-state index contributed by atoms with van der Waals surface area (Å²) < 4.78 is 12.8. The Kier molecular flexibility index (Phi) is 3.55. The summed E-state index contributed by atoms with van der Waals surface area (Å²) in [5.74, 6) is 2.01. The van der Waals surface area contributed by atoms with E-state index in [1.54, 1.807) is 12.1 Å². The number of piperidine rings is 1. The third-order valence-electron chi connectivity index (χ3n) is 3.54. The normalized spacial score (nSPS) is 16.7. The molecule has 2 N–H and O–H groups in total. The highest BCUT2D eigenvalue weighted by Gasteiger charge is 2.19. The van der Waals surface area contributed by atoms with E-state index in [0.29, 0.717) is 12.3 Å².